The van der Waals surface area contributed by atoms with Crippen LogP contribution in [-0.2, 0) is 0 Å². The minimum Gasteiger partial charge on any atom is -0.494 e. The molecule has 19 heavy (non-hydrogen) atoms. The summed E-state index contributed by atoms with van der Waals surface area (Å²) in [5.41, 5.74) is 6.76. The normalized spacial score (nSPS) is 11.1. The Labute approximate surface area is 113 Å². The molecule has 6 heteroatoms. The monoisotopic (exact) mass is 274 g/mol. The first kappa shape index (κ1) is 11.8. The molecule has 1 amide bonds. The number of fused-ring (bicyclic) bond motifs is 3. The number of carbonyl (C=O) groups is 1. The lowest BCUT2D eigenvalue weighted by Crippen LogP contribution is -2.13. The van der Waals surface area contributed by atoms with Crippen LogP contribution in [0.4, 0.5) is 0 Å². The van der Waals surface area contributed by atoms with Gasteiger partial charge in [0, 0.05) is 17.0 Å². The van der Waals surface area contributed by atoms with Crippen LogP contribution in [0.1, 0.15) is 10.5 Å². The Morgan fingerprint density at radius 1 is 1.53 bits per heavy atom. The van der Waals surface area contributed by atoms with Gasteiger partial charge in [-0.2, -0.15) is 0 Å². The number of hydrogen-bond acceptors (Lipinski definition) is 3. The third-order valence-corrected chi connectivity index (χ3v) is 3.21. The first-order chi connectivity index (χ1) is 9.11. The van der Waals surface area contributed by atoms with Gasteiger partial charge >= 0.3 is 0 Å². The van der Waals surface area contributed by atoms with Crippen molar-refractivity contribution in [2.24, 2.45) is 5.73 Å². The molecule has 1 radical (unpaired) electrons. The number of methoxy groups -OCH3 is 1. The predicted octanol–water partition coefficient (Wildman–Crippen LogP) is 2.28. The van der Waals surface area contributed by atoms with Crippen LogP contribution >= 0.6 is 11.6 Å². The van der Waals surface area contributed by atoms with E-state index >= 15 is 0 Å². The van der Waals surface area contributed by atoms with Crippen molar-refractivity contribution in [1.29, 1.82) is 0 Å². The lowest BCUT2D eigenvalue weighted by molar-refractivity contribution is 0.0997. The van der Waals surface area contributed by atoms with Gasteiger partial charge in [-0.15, -0.1) is 0 Å². The van der Waals surface area contributed by atoms with Crippen molar-refractivity contribution in [2.75, 3.05) is 7.11 Å². The Bertz CT molecular complexity index is 810. The van der Waals surface area contributed by atoms with Crippen LogP contribution in [0.15, 0.2) is 18.3 Å². The van der Waals surface area contributed by atoms with Crippen LogP contribution in [0.2, 0.25) is 5.02 Å². The van der Waals surface area contributed by atoms with Crippen LogP contribution in [-0.4, -0.2) is 23.0 Å². The zero-order valence-electron chi connectivity index (χ0n) is 9.95. The summed E-state index contributed by atoms with van der Waals surface area (Å²) < 4.78 is 5.11. The molecule has 0 atom stereocenters. The molecule has 5 nitrogen and oxygen atoms in total. The zero-order valence-corrected chi connectivity index (χ0v) is 10.7. The van der Waals surface area contributed by atoms with Gasteiger partial charge in [0.05, 0.1) is 29.2 Å². The van der Waals surface area contributed by atoms with Gasteiger partial charge in [-0.05, 0) is 12.1 Å². The van der Waals surface area contributed by atoms with Crippen molar-refractivity contribution in [3.05, 3.63) is 35.1 Å². The minimum atomic E-state index is -0.588. The first-order valence-electron chi connectivity index (χ1n) is 5.48. The largest absolute Gasteiger partial charge is 0.494 e. The molecule has 3 rings (SSSR count). The second kappa shape index (κ2) is 4.13. The molecular weight excluding hydrogens is 266 g/mol. The molecule has 2 heterocycles. The van der Waals surface area contributed by atoms with Crippen LogP contribution in [0.25, 0.3) is 21.8 Å². The second-order valence-corrected chi connectivity index (χ2v) is 4.42. The number of aromatic amines is 1. The number of halogens is 1. The number of benzene rings is 1. The predicted molar refractivity (Wildman–Crippen MR) is 72.5 cm³/mol. The molecule has 0 saturated heterocycles. The highest BCUT2D eigenvalue weighted by Crippen LogP contribution is 2.33. The smallest absolute Gasteiger partial charge is 0.269 e. The van der Waals surface area contributed by atoms with E-state index in [4.69, 9.17) is 22.1 Å². The van der Waals surface area contributed by atoms with Gasteiger partial charge < -0.3 is 15.5 Å². The van der Waals surface area contributed by atoms with E-state index in [1.807, 2.05) is 0 Å². The maximum atomic E-state index is 11.4. The van der Waals surface area contributed by atoms with E-state index in [1.165, 1.54) is 13.3 Å². The number of amides is 1. The van der Waals surface area contributed by atoms with Crippen molar-refractivity contribution in [2.45, 2.75) is 0 Å². The quantitative estimate of drug-likeness (QED) is 0.752. The van der Waals surface area contributed by atoms with E-state index in [0.717, 1.165) is 10.8 Å². The molecule has 0 unspecified atom stereocenters. The number of rotatable bonds is 2. The van der Waals surface area contributed by atoms with Crippen LogP contribution in [0.5, 0.6) is 5.75 Å². The highest BCUT2D eigenvalue weighted by atomic mass is 35.5. The molecule has 0 spiro atoms. The molecule has 0 aliphatic heterocycles. The van der Waals surface area contributed by atoms with E-state index in [0.29, 0.717) is 21.8 Å². The highest BCUT2D eigenvalue weighted by molar-refractivity contribution is 6.33. The van der Waals surface area contributed by atoms with Gasteiger partial charge in [-0.25, -0.2) is 4.98 Å². The molecule has 0 bridgehead atoms. The summed E-state index contributed by atoms with van der Waals surface area (Å²) in [4.78, 5) is 18.4. The third-order valence-electron chi connectivity index (χ3n) is 2.92. The molecule has 95 valence electrons. The van der Waals surface area contributed by atoms with Crippen molar-refractivity contribution < 1.29 is 9.53 Å². The zero-order chi connectivity index (χ0) is 13.6. The molecule has 0 aliphatic carbocycles. The maximum absolute atomic E-state index is 11.4. The molecule has 3 N–H and O–H groups in total. The summed E-state index contributed by atoms with van der Waals surface area (Å²) in [5.74, 6) is -0.149. The van der Waals surface area contributed by atoms with Gasteiger partial charge in [0.25, 0.3) is 5.91 Å². The van der Waals surface area contributed by atoms with Crippen molar-refractivity contribution >= 4 is 39.3 Å². The Kier molecular flexibility index (Phi) is 2.57. The molecule has 2 aromatic heterocycles. The van der Waals surface area contributed by atoms with Gasteiger partial charge in [0.2, 0.25) is 0 Å². The number of nitrogens with two attached hydrogens (primary N) is 1. The minimum absolute atomic E-state index is 0.192. The number of hydrogen-bond donors (Lipinski definition) is 2. The fourth-order valence-corrected chi connectivity index (χ4v) is 2.32. The lowest BCUT2D eigenvalue weighted by atomic mass is 10.1. The molecule has 0 aliphatic rings. The van der Waals surface area contributed by atoms with Crippen molar-refractivity contribution in [3.8, 4) is 5.75 Å². The Hall–Kier alpha value is -2.27. The van der Waals surface area contributed by atoms with Gasteiger partial charge in [-0.1, -0.05) is 11.6 Å². The van der Waals surface area contributed by atoms with Crippen molar-refractivity contribution in [3.63, 3.8) is 0 Å². The van der Waals surface area contributed by atoms with E-state index in [1.54, 1.807) is 12.1 Å². The number of carbonyl (C=O) groups excluding carboxylic acids is 1. The number of nitrogens with zero attached hydrogens (tertiary/aromatic N) is 1. The molecule has 3 aromatic rings. The standard InChI is InChI=1S/C13H9ClN3O2/c1-19-10-5-9-7(4-8(10)14)6-2-3-16-12(13(15)18)11(6)17-9/h2-4,17H,1H3,(H2,15,18). The van der Waals surface area contributed by atoms with E-state index in [-0.39, 0.29) is 5.69 Å². The van der Waals surface area contributed by atoms with Crippen LogP contribution in [0.3, 0.4) is 0 Å². The van der Waals surface area contributed by atoms with Crippen LogP contribution in [0, 0.1) is 6.07 Å². The van der Waals surface area contributed by atoms with E-state index < -0.39 is 5.91 Å². The van der Waals surface area contributed by atoms with Gasteiger partial charge in [0.15, 0.2) is 5.69 Å². The topological polar surface area (TPSA) is 81.0 Å². The third kappa shape index (κ3) is 1.70. The molecular formula is C13H9ClN3O2. The average Bonchev–Trinajstić information content (AvgIpc) is 2.75. The summed E-state index contributed by atoms with van der Waals surface area (Å²) in [5, 5.41) is 2.11. The Morgan fingerprint density at radius 2 is 2.32 bits per heavy atom. The van der Waals surface area contributed by atoms with Gasteiger partial charge in [0.1, 0.15) is 5.75 Å². The van der Waals surface area contributed by atoms with E-state index in [2.05, 4.69) is 16.0 Å². The number of nitrogens with one attached hydrogen (secondary N) is 1. The average molecular weight is 275 g/mol. The summed E-state index contributed by atoms with van der Waals surface area (Å²) in [6.45, 7) is 0. The fraction of sp³-hybridized carbons (Fsp3) is 0.0769. The molecule has 0 saturated carbocycles. The number of H-pyrrole nitrogens is 1. The Morgan fingerprint density at radius 3 is 3.00 bits per heavy atom. The fourth-order valence-electron chi connectivity index (χ4n) is 2.09. The maximum Gasteiger partial charge on any atom is 0.269 e. The summed E-state index contributed by atoms with van der Waals surface area (Å²) >= 11 is 6.09. The number of primary amides is 1. The van der Waals surface area contributed by atoms with Gasteiger partial charge in [-0.3, -0.25) is 4.79 Å². The Balaban J connectivity index is 2.45. The first-order valence-corrected chi connectivity index (χ1v) is 5.85. The summed E-state index contributed by atoms with van der Waals surface area (Å²) in [6.07, 6.45) is 1.54. The summed E-state index contributed by atoms with van der Waals surface area (Å²) in [7, 11) is 1.52. The SMILES string of the molecule is COc1[c]c2[nH]c3c(C(N)=O)nccc3c2cc1Cl. The highest BCUT2D eigenvalue weighted by Gasteiger charge is 2.14. The van der Waals surface area contributed by atoms with E-state index in [9.17, 15) is 4.79 Å². The molecule has 1 aromatic carbocycles. The number of ether oxygens (including phenoxy) is 1. The number of pyridine rings is 1. The molecule has 0 fully saturated rings. The van der Waals surface area contributed by atoms with Crippen molar-refractivity contribution in [1.82, 2.24) is 9.97 Å². The number of aromatic nitrogens is 2. The lowest BCUT2D eigenvalue weighted by Gasteiger charge is -2.01. The van der Waals surface area contributed by atoms with Crippen LogP contribution < -0.4 is 10.5 Å². The summed E-state index contributed by atoms with van der Waals surface area (Å²) in [6, 6.07) is 6.56. The second-order valence-electron chi connectivity index (χ2n) is 4.01.